The van der Waals surface area contributed by atoms with Crippen LogP contribution in [0.1, 0.15) is 43.1 Å². The standard InChI is InChI=1S/C21H25Cl2N3O3S2/c1-2-3-7-29-20(28)18-13-31-21(25-18)30-8-6-26-17(4-5-19(26)27)12-24-16-10-14(22)9-15(23)11-16/h9-11,13,17,24H,2-8,12H2,1H3/t17-/m1/s1. The number of rotatable bonds is 11. The Balaban J connectivity index is 1.46. The fourth-order valence-electron chi connectivity index (χ4n) is 3.24. The van der Waals surface area contributed by atoms with E-state index in [1.807, 2.05) is 24.0 Å². The fraction of sp³-hybridized carbons (Fsp3) is 0.476. The van der Waals surface area contributed by atoms with Crippen molar-refractivity contribution in [1.82, 2.24) is 9.88 Å². The molecule has 0 bridgehead atoms. The summed E-state index contributed by atoms with van der Waals surface area (Å²) in [5.74, 6) is 0.498. The van der Waals surface area contributed by atoms with Gasteiger partial charge in [0, 0.05) is 52.4 Å². The highest BCUT2D eigenvalue weighted by Crippen LogP contribution is 2.26. The zero-order valence-electron chi connectivity index (χ0n) is 17.2. The molecule has 1 aliphatic heterocycles. The number of thioether (sulfide) groups is 1. The Morgan fingerprint density at radius 2 is 2.13 bits per heavy atom. The Labute approximate surface area is 200 Å². The van der Waals surface area contributed by atoms with Crippen LogP contribution in [0.3, 0.4) is 0 Å². The number of nitrogens with one attached hydrogen (secondary N) is 1. The van der Waals surface area contributed by atoms with E-state index in [1.165, 1.54) is 11.3 Å². The molecule has 0 radical (unpaired) electrons. The van der Waals surface area contributed by atoms with Crippen molar-refractivity contribution in [2.45, 2.75) is 43.0 Å². The molecule has 3 rings (SSSR count). The average molecular weight is 502 g/mol. The van der Waals surface area contributed by atoms with Crippen molar-refractivity contribution in [3.63, 3.8) is 0 Å². The van der Waals surface area contributed by atoms with E-state index in [-0.39, 0.29) is 17.9 Å². The largest absolute Gasteiger partial charge is 0.461 e. The van der Waals surface area contributed by atoms with E-state index in [0.717, 1.165) is 29.3 Å². The molecule has 0 spiro atoms. The Bertz CT molecular complexity index is 889. The smallest absolute Gasteiger partial charge is 0.357 e. The second-order valence-electron chi connectivity index (χ2n) is 7.16. The van der Waals surface area contributed by atoms with Crippen LogP contribution in [-0.2, 0) is 9.53 Å². The molecule has 2 heterocycles. The molecule has 1 fully saturated rings. The lowest BCUT2D eigenvalue weighted by atomic mass is 10.2. The van der Waals surface area contributed by atoms with E-state index >= 15 is 0 Å². The predicted octanol–water partition coefficient (Wildman–Crippen LogP) is 5.60. The highest BCUT2D eigenvalue weighted by Gasteiger charge is 2.30. The molecule has 1 atom stereocenters. The van der Waals surface area contributed by atoms with Crippen molar-refractivity contribution in [2.75, 3.05) is 30.8 Å². The van der Waals surface area contributed by atoms with Crippen molar-refractivity contribution in [3.05, 3.63) is 39.3 Å². The van der Waals surface area contributed by atoms with Crippen LogP contribution in [0.25, 0.3) is 0 Å². The number of hydrogen-bond acceptors (Lipinski definition) is 7. The molecular formula is C21H25Cl2N3O3S2. The number of esters is 1. The van der Waals surface area contributed by atoms with E-state index < -0.39 is 0 Å². The average Bonchev–Trinajstić information content (AvgIpc) is 3.33. The molecule has 1 aromatic heterocycles. The predicted molar refractivity (Wildman–Crippen MR) is 128 cm³/mol. The summed E-state index contributed by atoms with van der Waals surface area (Å²) in [5.41, 5.74) is 1.19. The van der Waals surface area contributed by atoms with Gasteiger partial charge in [-0.25, -0.2) is 9.78 Å². The van der Waals surface area contributed by atoms with Gasteiger partial charge in [0.25, 0.3) is 0 Å². The van der Waals surface area contributed by atoms with Crippen molar-refractivity contribution in [2.24, 2.45) is 0 Å². The number of amides is 1. The second-order valence-corrected chi connectivity index (χ2v) is 10.2. The number of thiazole rings is 1. The molecule has 1 aromatic carbocycles. The molecule has 0 saturated carbocycles. The number of aromatic nitrogens is 1. The van der Waals surface area contributed by atoms with Crippen LogP contribution in [0.4, 0.5) is 5.69 Å². The first-order valence-corrected chi connectivity index (χ1v) is 12.8. The van der Waals surface area contributed by atoms with Gasteiger partial charge >= 0.3 is 5.97 Å². The first kappa shape index (κ1) is 24.2. The van der Waals surface area contributed by atoms with Gasteiger partial charge in [-0.05, 0) is 31.0 Å². The summed E-state index contributed by atoms with van der Waals surface area (Å²) in [4.78, 5) is 30.6. The van der Waals surface area contributed by atoms with Gasteiger partial charge < -0.3 is 15.0 Å². The summed E-state index contributed by atoms with van der Waals surface area (Å²) in [5, 5.41) is 6.20. The van der Waals surface area contributed by atoms with Crippen molar-refractivity contribution in [3.8, 4) is 0 Å². The van der Waals surface area contributed by atoms with Gasteiger partial charge in [-0.2, -0.15) is 0 Å². The van der Waals surface area contributed by atoms with E-state index in [2.05, 4.69) is 10.3 Å². The number of unbranched alkanes of at least 4 members (excludes halogenated alkanes) is 1. The van der Waals surface area contributed by atoms with Crippen LogP contribution in [0.5, 0.6) is 0 Å². The van der Waals surface area contributed by atoms with Crippen molar-refractivity contribution < 1.29 is 14.3 Å². The second kappa shape index (κ2) is 11.9. The van der Waals surface area contributed by atoms with E-state index in [0.29, 0.717) is 47.6 Å². The molecule has 0 unspecified atom stereocenters. The van der Waals surface area contributed by atoms with E-state index in [4.69, 9.17) is 27.9 Å². The van der Waals surface area contributed by atoms with Gasteiger partial charge in [0.15, 0.2) is 10.0 Å². The first-order chi connectivity index (χ1) is 15.0. The Hall–Kier alpha value is -1.48. The number of carbonyl (C=O) groups excluding carboxylic acids is 2. The number of benzene rings is 1. The van der Waals surface area contributed by atoms with Gasteiger partial charge in [0.2, 0.25) is 5.91 Å². The van der Waals surface area contributed by atoms with Crippen molar-refractivity contribution >= 4 is 63.9 Å². The summed E-state index contributed by atoms with van der Waals surface area (Å²) in [6, 6.07) is 5.44. The minimum Gasteiger partial charge on any atom is -0.461 e. The van der Waals surface area contributed by atoms with Crippen LogP contribution in [0, 0.1) is 0 Å². The maximum Gasteiger partial charge on any atom is 0.357 e. The molecule has 168 valence electrons. The third-order valence-corrected chi connectivity index (χ3v) is 7.28. The SMILES string of the molecule is CCCCOC(=O)c1csc(SCCN2C(=O)CC[C@@H]2CNc2cc(Cl)cc(Cl)c2)n1. The third kappa shape index (κ3) is 7.27. The molecule has 6 nitrogen and oxygen atoms in total. The van der Waals surface area contributed by atoms with Crippen LogP contribution in [-0.4, -0.2) is 53.3 Å². The molecule has 2 aromatic rings. The zero-order chi connectivity index (χ0) is 22.2. The van der Waals surface area contributed by atoms with Gasteiger partial charge in [-0.15, -0.1) is 11.3 Å². The minimum absolute atomic E-state index is 0.117. The number of hydrogen-bond donors (Lipinski definition) is 1. The molecule has 1 aliphatic rings. The lowest BCUT2D eigenvalue weighted by molar-refractivity contribution is -0.128. The maximum atomic E-state index is 12.3. The number of carbonyl (C=O) groups is 2. The highest BCUT2D eigenvalue weighted by atomic mass is 35.5. The summed E-state index contributed by atoms with van der Waals surface area (Å²) in [6.07, 6.45) is 3.19. The monoisotopic (exact) mass is 501 g/mol. The van der Waals surface area contributed by atoms with Crippen molar-refractivity contribution in [1.29, 1.82) is 0 Å². The summed E-state index contributed by atoms with van der Waals surface area (Å²) < 4.78 is 6.00. The number of anilines is 1. The number of halogens is 2. The van der Waals surface area contributed by atoms with Crippen LogP contribution >= 0.6 is 46.3 Å². The Kier molecular flexibility index (Phi) is 9.31. The number of nitrogens with zero attached hydrogens (tertiary/aromatic N) is 2. The fourth-order valence-corrected chi connectivity index (χ4v) is 5.57. The maximum absolute atomic E-state index is 12.3. The summed E-state index contributed by atoms with van der Waals surface area (Å²) >= 11 is 15.1. The van der Waals surface area contributed by atoms with Gasteiger partial charge in [0.05, 0.1) is 6.61 Å². The van der Waals surface area contributed by atoms with E-state index in [9.17, 15) is 9.59 Å². The lowest BCUT2D eigenvalue weighted by Crippen LogP contribution is -2.39. The molecule has 31 heavy (non-hydrogen) atoms. The lowest BCUT2D eigenvalue weighted by Gasteiger charge is -2.25. The van der Waals surface area contributed by atoms with Crippen LogP contribution in [0.15, 0.2) is 27.9 Å². The summed E-state index contributed by atoms with van der Waals surface area (Å²) in [7, 11) is 0. The quantitative estimate of drug-likeness (QED) is 0.245. The van der Waals surface area contributed by atoms with Gasteiger partial charge in [-0.3, -0.25) is 4.79 Å². The topological polar surface area (TPSA) is 71.5 Å². The molecule has 10 heteroatoms. The highest BCUT2D eigenvalue weighted by molar-refractivity contribution is 8.01. The normalized spacial score (nSPS) is 16.0. The van der Waals surface area contributed by atoms with Crippen LogP contribution in [0.2, 0.25) is 10.0 Å². The van der Waals surface area contributed by atoms with E-state index in [1.54, 1.807) is 23.2 Å². The number of ether oxygens (including phenoxy) is 1. The Morgan fingerprint density at radius 1 is 1.35 bits per heavy atom. The Morgan fingerprint density at radius 3 is 2.87 bits per heavy atom. The molecule has 0 aliphatic carbocycles. The number of likely N-dealkylation sites (tertiary alicyclic amines) is 1. The molecule has 1 N–H and O–H groups in total. The molecule has 1 saturated heterocycles. The van der Waals surface area contributed by atoms with Gasteiger partial charge in [-0.1, -0.05) is 48.3 Å². The first-order valence-electron chi connectivity index (χ1n) is 10.2. The summed E-state index contributed by atoms with van der Waals surface area (Å²) in [6.45, 7) is 3.73. The van der Waals surface area contributed by atoms with Gasteiger partial charge in [0.1, 0.15) is 0 Å². The zero-order valence-corrected chi connectivity index (χ0v) is 20.4. The molecule has 1 amide bonds. The third-order valence-electron chi connectivity index (χ3n) is 4.84. The minimum atomic E-state index is -0.376. The van der Waals surface area contributed by atoms with Crippen LogP contribution < -0.4 is 5.32 Å². The molecular weight excluding hydrogens is 477 g/mol.